The van der Waals surface area contributed by atoms with Gasteiger partial charge in [-0.2, -0.15) is 0 Å². The van der Waals surface area contributed by atoms with E-state index < -0.39 is 0 Å². The Morgan fingerprint density at radius 3 is 2.92 bits per heavy atom. The van der Waals surface area contributed by atoms with Gasteiger partial charge in [-0.25, -0.2) is 4.79 Å². The first-order valence-corrected chi connectivity index (χ1v) is 4.19. The van der Waals surface area contributed by atoms with Gasteiger partial charge in [0, 0.05) is 12.0 Å². The van der Waals surface area contributed by atoms with Crippen LogP contribution in [0.15, 0.2) is 12.2 Å². The number of hydrogen-bond donors (Lipinski definition) is 0. The minimum absolute atomic E-state index is 0.0552. The van der Waals surface area contributed by atoms with Crippen LogP contribution in [0.3, 0.4) is 0 Å². The van der Waals surface area contributed by atoms with Crippen LogP contribution in [0.1, 0.15) is 6.42 Å². The zero-order valence-electron chi connectivity index (χ0n) is 7.75. The van der Waals surface area contributed by atoms with E-state index in [1.54, 1.807) is 0 Å². The summed E-state index contributed by atoms with van der Waals surface area (Å²) in [5, 5.41) is 0. The molecule has 1 heterocycles. The highest BCUT2D eigenvalue weighted by molar-refractivity contribution is 5.87. The van der Waals surface area contributed by atoms with Crippen LogP contribution in [-0.2, 0) is 19.0 Å². The van der Waals surface area contributed by atoms with Crippen molar-refractivity contribution >= 4 is 5.97 Å². The van der Waals surface area contributed by atoms with Crippen molar-refractivity contribution in [3.8, 4) is 0 Å². The van der Waals surface area contributed by atoms with Crippen LogP contribution in [0.4, 0.5) is 0 Å². The normalized spacial score (nSPS) is 22.4. The minimum atomic E-state index is -0.380. The van der Waals surface area contributed by atoms with E-state index in [2.05, 4.69) is 11.3 Å². The Balaban J connectivity index is 2.30. The second-order valence-electron chi connectivity index (χ2n) is 2.87. The molecule has 0 aromatic heterocycles. The topological polar surface area (TPSA) is 44.8 Å². The van der Waals surface area contributed by atoms with Crippen LogP contribution in [-0.4, -0.2) is 39.0 Å². The van der Waals surface area contributed by atoms with Gasteiger partial charge in [-0.15, -0.1) is 0 Å². The molecule has 1 rings (SSSR count). The predicted octanol–water partition coefficient (Wildman–Crippen LogP) is 0.521. The van der Waals surface area contributed by atoms with Crippen LogP contribution >= 0.6 is 0 Å². The standard InChI is InChI=1S/C9H14O4/c1-7(9(10)11-2)5-8-6-12-3-4-13-8/h8H,1,3-6H2,2H3. The van der Waals surface area contributed by atoms with E-state index in [1.807, 2.05) is 0 Å². The van der Waals surface area contributed by atoms with Crippen LogP contribution in [0.2, 0.25) is 0 Å². The number of ether oxygens (including phenoxy) is 3. The number of methoxy groups -OCH3 is 1. The van der Waals surface area contributed by atoms with Gasteiger partial charge in [-0.3, -0.25) is 0 Å². The molecule has 1 aliphatic heterocycles. The molecule has 0 radical (unpaired) electrons. The van der Waals surface area contributed by atoms with Crippen LogP contribution in [0.5, 0.6) is 0 Å². The molecule has 74 valence electrons. The number of hydrogen-bond acceptors (Lipinski definition) is 4. The molecule has 0 aromatic rings. The Labute approximate surface area is 77.5 Å². The SMILES string of the molecule is C=C(CC1COCCO1)C(=O)OC. The maximum Gasteiger partial charge on any atom is 0.333 e. The number of carbonyl (C=O) groups excluding carboxylic acids is 1. The summed E-state index contributed by atoms with van der Waals surface area (Å²) in [7, 11) is 1.34. The molecule has 1 saturated heterocycles. The molecule has 0 aromatic carbocycles. The second kappa shape index (κ2) is 4.99. The summed E-state index contributed by atoms with van der Waals surface area (Å²) < 4.78 is 15.0. The molecule has 0 spiro atoms. The van der Waals surface area contributed by atoms with Gasteiger partial charge in [0.25, 0.3) is 0 Å². The molecular formula is C9H14O4. The fourth-order valence-electron chi connectivity index (χ4n) is 1.16. The molecule has 0 amide bonds. The lowest BCUT2D eigenvalue weighted by molar-refractivity contribution is -0.137. The lowest BCUT2D eigenvalue weighted by Gasteiger charge is -2.22. The third-order valence-electron chi connectivity index (χ3n) is 1.83. The molecule has 0 bridgehead atoms. The molecule has 1 fully saturated rings. The molecule has 1 aliphatic rings. The van der Waals surface area contributed by atoms with Crippen LogP contribution < -0.4 is 0 Å². The van der Waals surface area contributed by atoms with E-state index >= 15 is 0 Å². The lowest BCUT2D eigenvalue weighted by atomic mass is 10.1. The van der Waals surface area contributed by atoms with E-state index in [-0.39, 0.29) is 12.1 Å². The molecular weight excluding hydrogens is 172 g/mol. The van der Waals surface area contributed by atoms with E-state index in [9.17, 15) is 4.79 Å². The van der Waals surface area contributed by atoms with Gasteiger partial charge in [-0.1, -0.05) is 6.58 Å². The van der Waals surface area contributed by atoms with Gasteiger partial charge in [0.1, 0.15) is 0 Å². The highest BCUT2D eigenvalue weighted by Crippen LogP contribution is 2.11. The lowest BCUT2D eigenvalue weighted by Crippen LogP contribution is -2.29. The summed E-state index contributed by atoms with van der Waals surface area (Å²) >= 11 is 0. The largest absolute Gasteiger partial charge is 0.466 e. The third kappa shape index (κ3) is 3.16. The number of rotatable bonds is 3. The summed E-state index contributed by atoms with van der Waals surface area (Å²) in [4.78, 5) is 11.0. The zero-order valence-corrected chi connectivity index (χ0v) is 7.75. The van der Waals surface area contributed by atoms with E-state index in [0.717, 1.165) is 0 Å². The summed E-state index contributed by atoms with van der Waals surface area (Å²) in [5.74, 6) is -0.380. The van der Waals surface area contributed by atoms with Crippen molar-refractivity contribution < 1.29 is 19.0 Å². The minimum Gasteiger partial charge on any atom is -0.466 e. The number of carbonyl (C=O) groups is 1. The predicted molar refractivity (Wildman–Crippen MR) is 46.3 cm³/mol. The molecule has 0 aliphatic carbocycles. The third-order valence-corrected chi connectivity index (χ3v) is 1.83. The maximum absolute atomic E-state index is 11.0. The van der Waals surface area contributed by atoms with Crippen LogP contribution in [0, 0.1) is 0 Å². The molecule has 0 saturated carbocycles. The monoisotopic (exact) mass is 186 g/mol. The zero-order chi connectivity index (χ0) is 9.68. The second-order valence-corrected chi connectivity index (χ2v) is 2.87. The fourth-order valence-corrected chi connectivity index (χ4v) is 1.16. The average Bonchev–Trinajstić information content (AvgIpc) is 2.18. The van der Waals surface area contributed by atoms with Crippen molar-refractivity contribution in [1.82, 2.24) is 0 Å². The Morgan fingerprint density at radius 1 is 1.62 bits per heavy atom. The Bertz CT molecular complexity index is 194. The maximum atomic E-state index is 11.0. The van der Waals surface area contributed by atoms with Gasteiger partial charge in [0.2, 0.25) is 0 Å². The van der Waals surface area contributed by atoms with Crippen molar-refractivity contribution in [3.63, 3.8) is 0 Å². The van der Waals surface area contributed by atoms with Gasteiger partial charge in [0.15, 0.2) is 0 Å². The van der Waals surface area contributed by atoms with Crippen molar-refractivity contribution in [2.24, 2.45) is 0 Å². The highest BCUT2D eigenvalue weighted by atomic mass is 16.6. The molecule has 0 N–H and O–H groups in total. The smallest absolute Gasteiger partial charge is 0.333 e. The van der Waals surface area contributed by atoms with Crippen molar-refractivity contribution in [2.45, 2.75) is 12.5 Å². The number of esters is 1. The van der Waals surface area contributed by atoms with E-state index in [1.165, 1.54) is 7.11 Å². The van der Waals surface area contributed by atoms with Gasteiger partial charge in [-0.05, 0) is 0 Å². The molecule has 4 heteroatoms. The Kier molecular flexibility index (Phi) is 3.92. The molecule has 1 atom stereocenters. The fraction of sp³-hybridized carbons (Fsp3) is 0.667. The first-order chi connectivity index (χ1) is 6.24. The summed E-state index contributed by atoms with van der Waals surface area (Å²) in [5.41, 5.74) is 0.429. The van der Waals surface area contributed by atoms with Crippen molar-refractivity contribution in [1.29, 1.82) is 0 Å². The van der Waals surface area contributed by atoms with Gasteiger partial charge in [0.05, 0.1) is 33.0 Å². The first-order valence-electron chi connectivity index (χ1n) is 4.19. The Morgan fingerprint density at radius 2 is 2.38 bits per heavy atom. The van der Waals surface area contributed by atoms with Crippen LogP contribution in [0.25, 0.3) is 0 Å². The highest BCUT2D eigenvalue weighted by Gasteiger charge is 2.18. The summed E-state index contributed by atoms with van der Waals surface area (Å²) in [6, 6.07) is 0. The molecule has 4 nitrogen and oxygen atoms in total. The molecule has 13 heavy (non-hydrogen) atoms. The van der Waals surface area contributed by atoms with E-state index in [0.29, 0.717) is 31.8 Å². The quantitative estimate of drug-likeness (QED) is 0.476. The van der Waals surface area contributed by atoms with Gasteiger partial charge < -0.3 is 14.2 Å². The van der Waals surface area contributed by atoms with Crippen molar-refractivity contribution in [2.75, 3.05) is 26.9 Å². The Hall–Kier alpha value is -0.870. The summed E-state index contributed by atoms with van der Waals surface area (Å²) in [6.45, 7) is 5.34. The summed E-state index contributed by atoms with van der Waals surface area (Å²) in [6.07, 6.45) is 0.424. The average molecular weight is 186 g/mol. The van der Waals surface area contributed by atoms with Gasteiger partial charge >= 0.3 is 5.97 Å². The van der Waals surface area contributed by atoms with E-state index in [4.69, 9.17) is 9.47 Å². The van der Waals surface area contributed by atoms with Crippen molar-refractivity contribution in [3.05, 3.63) is 12.2 Å². The first kappa shape index (κ1) is 10.2. The molecule has 1 unspecified atom stereocenters.